The third-order valence-corrected chi connectivity index (χ3v) is 7.15. The highest BCUT2D eigenvalue weighted by Crippen LogP contribution is 2.39. The lowest BCUT2D eigenvalue weighted by atomic mass is 9.98. The minimum absolute atomic E-state index is 0.131. The number of hydrogen-bond donors (Lipinski definition) is 1. The van der Waals surface area contributed by atoms with Crippen molar-refractivity contribution in [2.75, 3.05) is 13.1 Å². The first-order valence-corrected chi connectivity index (χ1v) is 9.21. The molecule has 3 atom stereocenters. The Morgan fingerprint density at radius 2 is 2.10 bits per heavy atom. The first-order valence-electron chi connectivity index (χ1n) is 7.04. The molecular formula is C13H16N4O2S2. The second-order valence-electron chi connectivity index (χ2n) is 5.88. The summed E-state index contributed by atoms with van der Waals surface area (Å²) in [4.78, 5) is 0.266. The van der Waals surface area contributed by atoms with Gasteiger partial charge in [-0.1, -0.05) is 6.07 Å². The van der Waals surface area contributed by atoms with E-state index in [1.54, 1.807) is 22.5 Å². The van der Waals surface area contributed by atoms with Crippen LogP contribution in [0.1, 0.15) is 12.8 Å². The summed E-state index contributed by atoms with van der Waals surface area (Å²) in [5, 5.41) is 0. The Balaban J connectivity index is 1.73. The second kappa shape index (κ2) is 4.70. The summed E-state index contributed by atoms with van der Waals surface area (Å²) in [5.41, 5.74) is 7.21. The van der Waals surface area contributed by atoms with Crippen molar-refractivity contribution >= 4 is 32.8 Å². The summed E-state index contributed by atoms with van der Waals surface area (Å²) in [6.45, 7) is 1.11. The van der Waals surface area contributed by atoms with E-state index < -0.39 is 10.0 Å². The molecule has 1 aromatic carbocycles. The maximum Gasteiger partial charge on any atom is 0.245 e. The number of sulfonamides is 1. The van der Waals surface area contributed by atoms with Crippen LogP contribution in [0.15, 0.2) is 23.1 Å². The fourth-order valence-corrected chi connectivity index (χ4v) is 5.88. The van der Waals surface area contributed by atoms with E-state index >= 15 is 0 Å². The Hall–Kier alpha value is -1.09. The van der Waals surface area contributed by atoms with Gasteiger partial charge in [0.25, 0.3) is 0 Å². The van der Waals surface area contributed by atoms with Crippen molar-refractivity contribution in [3.8, 4) is 0 Å². The Labute approximate surface area is 127 Å². The van der Waals surface area contributed by atoms with Gasteiger partial charge >= 0.3 is 0 Å². The standard InChI is InChI=1S/C13H16N4O2S2/c14-10-5-4-8-6-17(7-9(8)10)21(18,19)12-3-1-2-11-13(12)16-20-15-11/h1-3,8-10H,4-7,14H2. The van der Waals surface area contributed by atoms with Gasteiger partial charge in [-0.2, -0.15) is 13.1 Å². The van der Waals surface area contributed by atoms with Crippen molar-refractivity contribution in [2.45, 2.75) is 23.8 Å². The van der Waals surface area contributed by atoms with E-state index in [0.29, 0.717) is 36.0 Å². The highest BCUT2D eigenvalue weighted by atomic mass is 32.2. The van der Waals surface area contributed by atoms with Crippen molar-refractivity contribution in [3.05, 3.63) is 18.2 Å². The van der Waals surface area contributed by atoms with Gasteiger partial charge < -0.3 is 5.73 Å². The molecule has 0 amide bonds. The van der Waals surface area contributed by atoms with Crippen LogP contribution in [-0.4, -0.2) is 40.6 Å². The van der Waals surface area contributed by atoms with Gasteiger partial charge in [-0.15, -0.1) is 0 Å². The Bertz CT molecular complexity index is 788. The predicted molar refractivity (Wildman–Crippen MR) is 80.4 cm³/mol. The molecule has 1 aromatic heterocycles. The van der Waals surface area contributed by atoms with Gasteiger partial charge in [-0.3, -0.25) is 0 Å². The maximum absolute atomic E-state index is 12.9. The molecule has 3 unspecified atom stereocenters. The lowest BCUT2D eigenvalue weighted by Gasteiger charge is -2.18. The minimum Gasteiger partial charge on any atom is -0.327 e. The molecule has 0 bridgehead atoms. The lowest BCUT2D eigenvalue weighted by molar-refractivity contribution is 0.427. The molecule has 4 rings (SSSR count). The van der Waals surface area contributed by atoms with Crippen molar-refractivity contribution in [1.82, 2.24) is 13.1 Å². The molecule has 2 fully saturated rings. The van der Waals surface area contributed by atoms with Gasteiger partial charge in [-0.05, 0) is 36.8 Å². The van der Waals surface area contributed by atoms with Gasteiger partial charge in [0.05, 0.1) is 11.7 Å². The van der Waals surface area contributed by atoms with E-state index in [0.717, 1.165) is 24.6 Å². The highest BCUT2D eigenvalue weighted by Gasteiger charge is 2.45. The summed E-state index contributed by atoms with van der Waals surface area (Å²) in [6, 6.07) is 5.26. The smallest absolute Gasteiger partial charge is 0.245 e. The van der Waals surface area contributed by atoms with Crippen molar-refractivity contribution < 1.29 is 8.42 Å². The number of nitrogens with zero attached hydrogens (tertiary/aromatic N) is 3. The van der Waals surface area contributed by atoms with E-state index in [2.05, 4.69) is 8.75 Å². The average Bonchev–Trinajstić information content (AvgIpc) is 3.15. The Kier molecular flexibility index (Phi) is 3.04. The molecule has 2 aliphatic rings. The molecule has 112 valence electrons. The molecule has 8 heteroatoms. The zero-order valence-corrected chi connectivity index (χ0v) is 13.0. The SMILES string of the molecule is NC1CCC2CN(S(=O)(=O)c3cccc4nsnc34)CC12. The molecule has 0 spiro atoms. The Morgan fingerprint density at radius 3 is 2.90 bits per heavy atom. The van der Waals surface area contributed by atoms with E-state index in [1.807, 2.05) is 0 Å². The van der Waals surface area contributed by atoms with Crippen molar-refractivity contribution in [2.24, 2.45) is 17.6 Å². The maximum atomic E-state index is 12.9. The number of rotatable bonds is 2. The number of hydrogen-bond acceptors (Lipinski definition) is 6. The topological polar surface area (TPSA) is 89.2 Å². The van der Waals surface area contributed by atoms with Crippen LogP contribution in [0.3, 0.4) is 0 Å². The molecule has 6 nitrogen and oxygen atoms in total. The molecule has 2 aromatic rings. The first kappa shape index (κ1) is 13.6. The lowest BCUT2D eigenvalue weighted by Crippen LogP contribution is -2.33. The highest BCUT2D eigenvalue weighted by molar-refractivity contribution is 7.89. The molecule has 1 aliphatic heterocycles. The van der Waals surface area contributed by atoms with Crippen LogP contribution >= 0.6 is 11.7 Å². The number of benzene rings is 1. The molecule has 1 saturated carbocycles. The molecule has 1 saturated heterocycles. The summed E-state index contributed by atoms with van der Waals surface area (Å²) in [6.07, 6.45) is 2.04. The van der Waals surface area contributed by atoms with E-state index in [9.17, 15) is 8.42 Å². The quantitative estimate of drug-likeness (QED) is 0.892. The molecule has 2 N–H and O–H groups in total. The summed E-state index contributed by atoms with van der Waals surface area (Å²) in [5.74, 6) is 0.704. The van der Waals surface area contributed by atoms with E-state index in [-0.39, 0.29) is 10.9 Å². The van der Waals surface area contributed by atoms with Crippen LogP contribution in [0.2, 0.25) is 0 Å². The van der Waals surface area contributed by atoms with Gasteiger partial charge in [0, 0.05) is 19.1 Å². The van der Waals surface area contributed by atoms with Gasteiger partial charge in [0.1, 0.15) is 15.9 Å². The minimum atomic E-state index is -3.52. The summed E-state index contributed by atoms with van der Waals surface area (Å²) >= 11 is 1.04. The fourth-order valence-electron chi connectivity index (χ4n) is 3.59. The monoisotopic (exact) mass is 324 g/mol. The molecule has 2 heterocycles. The van der Waals surface area contributed by atoms with Gasteiger partial charge in [0.15, 0.2) is 0 Å². The van der Waals surface area contributed by atoms with Gasteiger partial charge in [-0.25, -0.2) is 8.42 Å². The fraction of sp³-hybridized carbons (Fsp3) is 0.538. The molecular weight excluding hydrogens is 308 g/mol. The summed E-state index contributed by atoms with van der Waals surface area (Å²) in [7, 11) is -3.52. The number of aromatic nitrogens is 2. The van der Waals surface area contributed by atoms with Crippen molar-refractivity contribution in [1.29, 1.82) is 0 Å². The Morgan fingerprint density at radius 1 is 1.24 bits per heavy atom. The van der Waals surface area contributed by atoms with Crippen LogP contribution in [0.4, 0.5) is 0 Å². The second-order valence-corrected chi connectivity index (χ2v) is 8.31. The normalized spacial score (nSPS) is 30.0. The van der Waals surface area contributed by atoms with E-state index in [4.69, 9.17) is 5.73 Å². The molecule has 21 heavy (non-hydrogen) atoms. The van der Waals surface area contributed by atoms with Crippen LogP contribution in [0, 0.1) is 11.8 Å². The van der Waals surface area contributed by atoms with Crippen molar-refractivity contribution in [3.63, 3.8) is 0 Å². The third kappa shape index (κ3) is 2.01. The zero-order chi connectivity index (χ0) is 14.6. The van der Waals surface area contributed by atoms with Crippen LogP contribution in [0.5, 0.6) is 0 Å². The number of fused-ring (bicyclic) bond motifs is 2. The van der Waals surface area contributed by atoms with Crippen LogP contribution in [0.25, 0.3) is 11.0 Å². The largest absolute Gasteiger partial charge is 0.327 e. The number of nitrogens with two attached hydrogens (primary N) is 1. The van der Waals surface area contributed by atoms with Gasteiger partial charge in [0.2, 0.25) is 10.0 Å². The van der Waals surface area contributed by atoms with Crippen LogP contribution < -0.4 is 5.73 Å². The van der Waals surface area contributed by atoms with E-state index in [1.165, 1.54) is 0 Å². The third-order valence-electron chi connectivity index (χ3n) is 4.75. The first-order chi connectivity index (χ1) is 10.1. The molecule has 1 aliphatic carbocycles. The zero-order valence-electron chi connectivity index (χ0n) is 11.3. The van der Waals surface area contributed by atoms with Crippen LogP contribution in [-0.2, 0) is 10.0 Å². The average molecular weight is 324 g/mol. The summed E-state index contributed by atoms with van der Waals surface area (Å²) < 4.78 is 35.7. The predicted octanol–water partition coefficient (Wildman–Crippen LogP) is 1.05. The molecule has 0 radical (unpaired) electrons.